The number of hydrogen-bond donors (Lipinski definition) is 2. The van der Waals surface area contributed by atoms with Gasteiger partial charge in [0, 0.05) is 11.6 Å². The molecular formula is C11H11Cl2NO4. The minimum Gasteiger partial charge on any atom is -0.481 e. The second-order valence-corrected chi connectivity index (χ2v) is 4.40. The van der Waals surface area contributed by atoms with Crippen LogP contribution in [0.2, 0.25) is 10.0 Å². The summed E-state index contributed by atoms with van der Waals surface area (Å²) >= 11 is 11.8. The molecule has 0 aliphatic rings. The van der Waals surface area contributed by atoms with Gasteiger partial charge in [0.1, 0.15) is 6.54 Å². The molecule has 0 spiro atoms. The highest BCUT2D eigenvalue weighted by atomic mass is 35.5. The molecule has 0 heterocycles. The maximum absolute atomic E-state index is 10.8. The standard InChI is InChI=1S/C11H11Cl2NO4/c12-7-1-2-8(13)9(5-7)14(6-11(17)18)4-3-10(15)16/h1-2,5H,3-4,6H2,(H,15,16)(H,17,18). The summed E-state index contributed by atoms with van der Waals surface area (Å²) < 4.78 is 0. The highest BCUT2D eigenvalue weighted by Crippen LogP contribution is 2.29. The monoisotopic (exact) mass is 291 g/mol. The zero-order chi connectivity index (χ0) is 13.7. The van der Waals surface area contributed by atoms with Gasteiger partial charge in [0.25, 0.3) is 0 Å². The highest BCUT2D eigenvalue weighted by molar-refractivity contribution is 6.35. The summed E-state index contributed by atoms with van der Waals surface area (Å²) in [6.07, 6.45) is -0.184. The molecule has 1 rings (SSSR count). The number of carbonyl (C=O) groups is 2. The van der Waals surface area contributed by atoms with Crippen LogP contribution in [-0.4, -0.2) is 35.2 Å². The average molecular weight is 292 g/mol. The van der Waals surface area contributed by atoms with Gasteiger partial charge in [0.05, 0.1) is 17.1 Å². The van der Waals surface area contributed by atoms with Crippen molar-refractivity contribution in [3.8, 4) is 0 Å². The van der Waals surface area contributed by atoms with Crippen molar-refractivity contribution in [2.24, 2.45) is 0 Å². The summed E-state index contributed by atoms with van der Waals surface area (Å²) in [5.41, 5.74) is 0.410. The van der Waals surface area contributed by atoms with E-state index >= 15 is 0 Å². The van der Waals surface area contributed by atoms with Gasteiger partial charge in [0.2, 0.25) is 0 Å². The van der Waals surface area contributed by atoms with E-state index in [0.29, 0.717) is 15.7 Å². The van der Waals surface area contributed by atoms with Gasteiger partial charge in [-0.25, -0.2) is 0 Å². The van der Waals surface area contributed by atoms with E-state index in [2.05, 4.69) is 0 Å². The molecule has 98 valence electrons. The number of hydrogen-bond acceptors (Lipinski definition) is 3. The first-order valence-electron chi connectivity index (χ1n) is 5.03. The summed E-state index contributed by atoms with van der Waals surface area (Å²) in [5, 5.41) is 18.2. The lowest BCUT2D eigenvalue weighted by Gasteiger charge is -2.23. The molecule has 7 heteroatoms. The summed E-state index contributed by atoms with van der Waals surface area (Å²) in [6, 6.07) is 4.62. The van der Waals surface area contributed by atoms with Gasteiger partial charge in [-0.3, -0.25) is 9.59 Å². The van der Waals surface area contributed by atoms with Gasteiger partial charge in [-0.1, -0.05) is 23.2 Å². The summed E-state index contributed by atoms with van der Waals surface area (Å²) in [5.74, 6) is -2.08. The molecule has 0 atom stereocenters. The lowest BCUT2D eigenvalue weighted by molar-refractivity contribution is -0.138. The number of aliphatic carboxylic acids is 2. The Morgan fingerprint density at radius 3 is 2.39 bits per heavy atom. The molecule has 2 N–H and O–H groups in total. The number of halogens is 2. The van der Waals surface area contributed by atoms with E-state index in [-0.39, 0.29) is 19.5 Å². The number of anilines is 1. The second-order valence-electron chi connectivity index (χ2n) is 3.55. The first-order valence-corrected chi connectivity index (χ1v) is 5.79. The Kier molecular flexibility index (Phi) is 5.25. The van der Waals surface area contributed by atoms with Gasteiger partial charge < -0.3 is 15.1 Å². The van der Waals surface area contributed by atoms with Gasteiger partial charge >= 0.3 is 11.9 Å². The summed E-state index contributed by atoms with van der Waals surface area (Å²) in [6.45, 7) is -0.297. The third-order valence-electron chi connectivity index (χ3n) is 2.17. The maximum atomic E-state index is 10.8. The predicted octanol–water partition coefficient (Wildman–Crippen LogP) is 2.36. The molecular weight excluding hydrogens is 281 g/mol. The van der Waals surface area contributed by atoms with Crippen LogP contribution in [0.5, 0.6) is 0 Å². The highest BCUT2D eigenvalue weighted by Gasteiger charge is 2.15. The summed E-state index contributed by atoms with van der Waals surface area (Å²) in [4.78, 5) is 22.7. The molecule has 0 bridgehead atoms. The Hall–Kier alpha value is -1.46. The van der Waals surface area contributed by atoms with Crippen LogP contribution < -0.4 is 4.90 Å². The number of carboxylic acid groups (broad SMARTS) is 2. The zero-order valence-electron chi connectivity index (χ0n) is 9.27. The maximum Gasteiger partial charge on any atom is 0.323 e. The largest absolute Gasteiger partial charge is 0.481 e. The molecule has 0 aromatic heterocycles. The van der Waals surface area contributed by atoms with Crippen LogP contribution in [0.3, 0.4) is 0 Å². The van der Waals surface area contributed by atoms with Crippen molar-refractivity contribution in [1.82, 2.24) is 0 Å². The fourth-order valence-electron chi connectivity index (χ4n) is 1.41. The number of rotatable bonds is 6. The topological polar surface area (TPSA) is 77.8 Å². The lowest BCUT2D eigenvalue weighted by Crippen LogP contribution is -2.32. The molecule has 0 saturated carbocycles. The number of carboxylic acids is 2. The average Bonchev–Trinajstić information content (AvgIpc) is 2.27. The molecule has 1 aromatic carbocycles. The van der Waals surface area contributed by atoms with Crippen molar-refractivity contribution in [2.75, 3.05) is 18.0 Å². The second kappa shape index (κ2) is 6.47. The van der Waals surface area contributed by atoms with Crippen molar-refractivity contribution >= 4 is 40.8 Å². The van der Waals surface area contributed by atoms with Crippen molar-refractivity contribution in [2.45, 2.75) is 6.42 Å². The van der Waals surface area contributed by atoms with Crippen molar-refractivity contribution in [1.29, 1.82) is 0 Å². The minimum absolute atomic E-state index is 0.0433. The Morgan fingerprint density at radius 1 is 1.17 bits per heavy atom. The van der Waals surface area contributed by atoms with Crippen LogP contribution in [0.15, 0.2) is 18.2 Å². The smallest absolute Gasteiger partial charge is 0.323 e. The van der Waals surface area contributed by atoms with E-state index in [1.807, 2.05) is 0 Å². The van der Waals surface area contributed by atoms with E-state index in [0.717, 1.165) is 0 Å². The van der Waals surface area contributed by atoms with Crippen LogP contribution in [0.1, 0.15) is 6.42 Å². The molecule has 0 saturated heterocycles. The fraction of sp³-hybridized carbons (Fsp3) is 0.273. The Bertz CT molecular complexity index is 464. The SMILES string of the molecule is O=C(O)CCN(CC(=O)O)c1cc(Cl)ccc1Cl. The van der Waals surface area contributed by atoms with Crippen LogP contribution in [0, 0.1) is 0 Å². The fourth-order valence-corrected chi connectivity index (χ4v) is 1.81. The van der Waals surface area contributed by atoms with Crippen LogP contribution in [0.4, 0.5) is 5.69 Å². The van der Waals surface area contributed by atoms with Crippen LogP contribution >= 0.6 is 23.2 Å². The molecule has 0 aliphatic heterocycles. The van der Waals surface area contributed by atoms with Crippen molar-refractivity contribution in [3.63, 3.8) is 0 Å². The van der Waals surface area contributed by atoms with E-state index < -0.39 is 11.9 Å². The van der Waals surface area contributed by atoms with Crippen LogP contribution in [-0.2, 0) is 9.59 Å². The molecule has 0 radical (unpaired) electrons. The molecule has 1 aromatic rings. The first-order chi connectivity index (χ1) is 8.40. The van der Waals surface area contributed by atoms with Gasteiger partial charge in [-0.2, -0.15) is 0 Å². The van der Waals surface area contributed by atoms with Gasteiger partial charge in [-0.05, 0) is 18.2 Å². The van der Waals surface area contributed by atoms with E-state index in [1.54, 1.807) is 6.07 Å². The minimum atomic E-state index is -1.07. The van der Waals surface area contributed by atoms with Gasteiger partial charge in [0.15, 0.2) is 0 Å². The quantitative estimate of drug-likeness (QED) is 0.841. The number of nitrogens with zero attached hydrogens (tertiary/aromatic N) is 1. The molecule has 0 fully saturated rings. The zero-order valence-corrected chi connectivity index (χ0v) is 10.8. The van der Waals surface area contributed by atoms with E-state index in [1.165, 1.54) is 17.0 Å². The molecule has 0 amide bonds. The molecule has 18 heavy (non-hydrogen) atoms. The molecule has 0 unspecified atom stereocenters. The Labute approximate surface area is 114 Å². The Balaban J connectivity index is 2.96. The Morgan fingerprint density at radius 2 is 1.83 bits per heavy atom. The van der Waals surface area contributed by atoms with Crippen molar-refractivity contribution in [3.05, 3.63) is 28.2 Å². The normalized spacial score (nSPS) is 10.1. The van der Waals surface area contributed by atoms with Crippen LogP contribution in [0.25, 0.3) is 0 Å². The van der Waals surface area contributed by atoms with E-state index in [4.69, 9.17) is 33.4 Å². The predicted molar refractivity (Wildman–Crippen MR) is 68.6 cm³/mol. The third kappa shape index (κ3) is 4.43. The molecule has 0 aliphatic carbocycles. The lowest BCUT2D eigenvalue weighted by atomic mass is 10.2. The molecule has 5 nitrogen and oxygen atoms in total. The first kappa shape index (κ1) is 14.6. The van der Waals surface area contributed by atoms with Gasteiger partial charge in [-0.15, -0.1) is 0 Å². The van der Waals surface area contributed by atoms with E-state index in [9.17, 15) is 9.59 Å². The third-order valence-corrected chi connectivity index (χ3v) is 2.73. The summed E-state index contributed by atoms with van der Waals surface area (Å²) in [7, 11) is 0. The van der Waals surface area contributed by atoms with Crippen molar-refractivity contribution < 1.29 is 19.8 Å². The number of benzene rings is 1.